The maximum atomic E-state index is 5.86. The molecule has 1 aliphatic rings. The second kappa shape index (κ2) is 6.98. The van der Waals surface area contributed by atoms with E-state index in [0.717, 1.165) is 29.6 Å². The van der Waals surface area contributed by atoms with Crippen LogP contribution in [-0.4, -0.2) is 6.54 Å². The minimum Gasteiger partial charge on any atom is -0.457 e. The minimum atomic E-state index is 0.744. The Morgan fingerprint density at radius 3 is 2.62 bits per heavy atom. The third kappa shape index (κ3) is 4.12. The highest BCUT2D eigenvalue weighted by Gasteiger charge is 2.09. The normalized spacial score (nSPS) is 17.4. The Labute approximate surface area is 126 Å². The number of rotatable bonds is 5. The Morgan fingerprint density at radius 1 is 0.952 bits per heavy atom. The van der Waals surface area contributed by atoms with Gasteiger partial charge in [0.1, 0.15) is 11.5 Å². The first-order chi connectivity index (χ1) is 10.4. The van der Waals surface area contributed by atoms with Crippen molar-refractivity contribution in [2.24, 2.45) is 5.92 Å². The molecule has 0 radical (unpaired) electrons. The van der Waals surface area contributed by atoms with Gasteiger partial charge in [-0.05, 0) is 49.4 Å². The average Bonchev–Trinajstić information content (AvgIpc) is 2.55. The van der Waals surface area contributed by atoms with E-state index >= 15 is 0 Å². The van der Waals surface area contributed by atoms with Gasteiger partial charge in [-0.15, -0.1) is 0 Å². The fourth-order valence-electron chi connectivity index (χ4n) is 2.60. The highest BCUT2D eigenvalue weighted by Crippen LogP contribution is 2.25. The summed E-state index contributed by atoms with van der Waals surface area (Å²) in [5.74, 6) is 2.48. The molecule has 1 N–H and O–H groups in total. The summed E-state index contributed by atoms with van der Waals surface area (Å²) in [6, 6.07) is 18.1. The van der Waals surface area contributed by atoms with Gasteiger partial charge in [0.05, 0.1) is 0 Å². The summed E-state index contributed by atoms with van der Waals surface area (Å²) in [4.78, 5) is 0. The van der Waals surface area contributed by atoms with Crippen molar-refractivity contribution in [3.05, 3.63) is 66.7 Å². The number of ether oxygens (including phenoxy) is 1. The molecule has 2 heteroatoms. The monoisotopic (exact) mass is 279 g/mol. The van der Waals surface area contributed by atoms with Gasteiger partial charge in [-0.3, -0.25) is 0 Å². The Hall–Kier alpha value is -2.22. The second-order valence-corrected chi connectivity index (χ2v) is 5.47. The van der Waals surface area contributed by atoms with Crippen LogP contribution in [-0.2, 0) is 0 Å². The highest BCUT2D eigenvalue weighted by atomic mass is 16.5. The van der Waals surface area contributed by atoms with Crippen molar-refractivity contribution in [1.29, 1.82) is 0 Å². The quantitative estimate of drug-likeness (QED) is 0.755. The number of anilines is 1. The van der Waals surface area contributed by atoms with Crippen molar-refractivity contribution in [2.75, 3.05) is 11.9 Å². The molecule has 21 heavy (non-hydrogen) atoms. The lowest BCUT2D eigenvalue weighted by atomic mass is 9.94. The second-order valence-electron chi connectivity index (χ2n) is 5.47. The Balaban J connectivity index is 1.59. The first kappa shape index (κ1) is 13.7. The molecule has 0 bridgehead atoms. The van der Waals surface area contributed by atoms with Crippen molar-refractivity contribution in [1.82, 2.24) is 0 Å². The molecule has 0 heterocycles. The van der Waals surface area contributed by atoms with E-state index in [0.29, 0.717) is 0 Å². The first-order valence-electron chi connectivity index (χ1n) is 7.62. The maximum absolute atomic E-state index is 5.86. The summed E-state index contributed by atoms with van der Waals surface area (Å²) in [5.41, 5.74) is 1.12. The zero-order valence-electron chi connectivity index (χ0n) is 12.2. The van der Waals surface area contributed by atoms with E-state index in [1.807, 2.05) is 42.5 Å². The van der Waals surface area contributed by atoms with E-state index < -0.39 is 0 Å². The lowest BCUT2D eigenvalue weighted by Gasteiger charge is -2.19. The summed E-state index contributed by atoms with van der Waals surface area (Å²) in [5, 5.41) is 3.53. The van der Waals surface area contributed by atoms with Crippen LogP contribution in [0.1, 0.15) is 19.3 Å². The molecule has 0 fully saturated rings. The van der Waals surface area contributed by atoms with Crippen molar-refractivity contribution in [2.45, 2.75) is 19.3 Å². The van der Waals surface area contributed by atoms with Gasteiger partial charge in [0, 0.05) is 18.3 Å². The number of nitrogens with one attached hydrogen (secondary N) is 1. The first-order valence-corrected chi connectivity index (χ1v) is 7.62. The molecule has 2 aromatic rings. The predicted molar refractivity (Wildman–Crippen MR) is 87.9 cm³/mol. The van der Waals surface area contributed by atoms with Crippen LogP contribution in [0, 0.1) is 5.92 Å². The van der Waals surface area contributed by atoms with Gasteiger partial charge in [-0.1, -0.05) is 36.4 Å². The van der Waals surface area contributed by atoms with Gasteiger partial charge in [0.2, 0.25) is 0 Å². The van der Waals surface area contributed by atoms with E-state index in [2.05, 4.69) is 29.6 Å². The lowest BCUT2D eigenvalue weighted by Crippen LogP contribution is -2.15. The zero-order valence-corrected chi connectivity index (χ0v) is 12.2. The van der Waals surface area contributed by atoms with Crippen molar-refractivity contribution in [3.8, 4) is 11.5 Å². The lowest BCUT2D eigenvalue weighted by molar-refractivity contribution is 0.482. The SMILES string of the molecule is C1=CCC(CNc2cccc(Oc3ccccc3)c2)CC1. The molecule has 0 spiro atoms. The average molecular weight is 279 g/mol. The largest absolute Gasteiger partial charge is 0.457 e. The molecule has 2 nitrogen and oxygen atoms in total. The van der Waals surface area contributed by atoms with Gasteiger partial charge in [0.15, 0.2) is 0 Å². The van der Waals surface area contributed by atoms with Crippen LogP contribution in [0.3, 0.4) is 0 Å². The van der Waals surface area contributed by atoms with E-state index in [-0.39, 0.29) is 0 Å². The molecule has 2 aromatic carbocycles. The standard InChI is InChI=1S/C19H21NO/c1-3-8-16(9-4-1)15-20-17-10-7-13-19(14-17)21-18-11-5-2-6-12-18/h1-3,5-7,10-14,16,20H,4,8-9,15H2. The van der Waals surface area contributed by atoms with Crippen molar-refractivity contribution >= 4 is 5.69 Å². The Bertz CT molecular complexity index is 592. The van der Waals surface area contributed by atoms with E-state index in [1.165, 1.54) is 19.3 Å². The number of benzene rings is 2. The molecule has 3 rings (SSSR count). The van der Waals surface area contributed by atoms with Gasteiger partial charge in [-0.2, -0.15) is 0 Å². The molecular weight excluding hydrogens is 258 g/mol. The van der Waals surface area contributed by atoms with Crippen LogP contribution in [0.15, 0.2) is 66.7 Å². The van der Waals surface area contributed by atoms with Crippen LogP contribution in [0.5, 0.6) is 11.5 Å². The third-order valence-electron chi connectivity index (χ3n) is 3.79. The van der Waals surface area contributed by atoms with Gasteiger partial charge >= 0.3 is 0 Å². The smallest absolute Gasteiger partial charge is 0.129 e. The third-order valence-corrected chi connectivity index (χ3v) is 3.79. The van der Waals surface area contributed by atoms with Crippen LogP contribution in [0.25, 0.3) is 0 Å². The van der Waals surface area contributed by atoms with Gasteiger partial charge < -0.3 is 10.1 Å². The van der Waals surface area contributed by atoms with Gasteiger partial charge in [-0.25, -0.2) is 0 Å². The molecule has 0 aliphatic heterocycles. The number of hydrogen-bond acceptors (Lipinski definition) is 2. The summed E-state index contributed by atoms with van der Waals surface area (Å²) < 4.78 is 5.86. The number of allylic oxidation sites excluding steroid dienone is 2. The topological polar surface area (TPSA) is 21.3 Å². The minimum absolute atomic E-state index is 0.744. The summed E-state index contributed by atoms with van der Waals surface area (Å²) in [7, 11) is 0. The highest BCUT2D eigenvalue weighted by molar-refractivity contribution is 5.49. The Morgan fingerprint density at radius 2 is 1.81 bits per heavy atom. The number of hydrogen-bond donors (Lipinski definition) is 1. The molecule has 0 saturated carbocycles. The van der Waals surface area contributed by atoms with Crippen LogP contribution < -0.4 is 10.1 Å². The fourth-order valence-corrected chi connectivity index (χ4v) is 2.60. The molecule has 1 unspecified atom stereocenters. The van der Waals surface area contributed by atoms with Crippen molar-refractivity contribution in [3.63, 3.8) is 0 Å². The molecule has 108 valence electrons. The van der Waals surface area contributed by atoms with Crippen molar-refractivity contribution < 1.29 is 4.74 Å². The van der Waals surface area contributed by atoms with E-state index in [1.54, 1.807) is 0 Å². The van der Waals surface area contributed by atoms with Crippen LogP contribution in [0.4, 0.5) is 5.69 Å². The Kier molecular flexibility index (Phi) is 4.57. The van der Waals surface area contributed by atoms with Crippen LogP contribution in [0.2, 0.25) is 0 Å². The predicted octanol–water partition coefficient (Wildman–Crippen LogP) is 5.25. The maximum Gasteiger partial charge on any atom is 0.129 e. The summed E-state index contributed by atoms with van der Waals surface area (Å²) in [6.07, 6.45) is 8.26. The fraction of sp³-hybridized carbons (Fsp3) is 0.263. The summed E-state index contributed by atoms with van der Waals surface area (Å²) >= 11 is 0. The molecule has 1 atom stereocenters. The molecule has 0 aromatic heterocycles. The molecule has 0 amide bonds. The molecule has 1 aliphatic carbocycles. The molecule has 0 saturated heterocycles. The van der Waals surface area contributed by atoms with E-state index in [4.69, 9.17) is 4.74 Å². The summed E-state index contributed by atoms with van der Waals surface area (Å²) in [6.45, 7) is 1.03. The number of para-hydroxylation sites is 1. The zero-order chi connectivity index (χ0) is 14.3. The van der Waals surface area contributed by atoms with Gasteiger partial charge in [0.25, 0.3) is 0 Å². The molecular formula is C19H21NO. The van der Waals surface area contributed by atoms with E-state index in [9.17, 15) is 0 Å². The van der Waals surface area contributed by atoms with Crippen LogP contribution >= 0.6 is 0 Å².